The second kappa shape index (κ2) is 8.68. The summed E-state index contributed by atoms with van der Waals surface area (Å²) in [4.78, 5) is 26.3. The summed E-state index contributed by atoms with van der Waals surface area (Å²) < 4.78 is 10.8. The lowest BCUT2D eigenvalue weighted by Gasteiger charge is -2.33. The molecule has 0 bridgehead atoms. The quantitative estimate of drug-likeness (QED) is 0.848. The van der Waals surface area contributed by atoms with E-state index in [-0.39, 0.29) is 24.5 Å². The number of nitrogens with zero attached hydrogens (tertiary/aromatic N) is 1. The first-order valence-corrected chi connectivity index (χ1v) is 8.93. The minimum absolute atomic E-state index is 0.0348. The SMILES string of the molecule is COc1ccc(C(=O)NCC2CN(Cc3ccccc3)C(=O)CO2)c(C)c1. The van der Waals surface area contributed by atoms with E-state index in [1.807, 2.05) is 43.3 Å². The molecule has 1 heterocycles. The van der Waals surface area contributed by atoms with Crippen LogP contribution in [0.1, 0.15) is 21.5 Å². The Kier molecular flexibility index (Phi) is 6.08. The average molecular weight is 368 g/mol. The van der Waals surface area contributed by atoms with Crippen molar-refractivity contribution in [3.05, 3.63) is 65.2 Å². The van der Waals surface area contributed by atoms with Crippen molar-refractivity contribution in [1.29, 1.82) is 0 Å². The van der Waals surface area contributed by atoms with Crippen molar-refractivity contribution in [2.45, 2.75) is 19.6 Å². The molecule has 1 unspecified atom stereocenters. The number of hydrogen-bond donors (Lipinski definition) is 1. The molecule has 2 aromatic carbocycles. The number of ether oxygens (including phenoxy) is 2. The van der Waals surface area contributed by atoms with Crippen molar-refractivity contribution in [3.8, 4) is 5.75 Å². The second-order valence-corrected chi connectivity index (χ2v) is 6.58. The van der Waals surface area contributed by atoms with Crippen LogP contribution in [0, 0.1) is 6.92 Å². The standard InChI is InChI=1S/C21H24N2O4/c1-15-10-17(26-2)8-9-19(15)21(25)22-11-18-13-23(20(24)14-27-18)12-16-6-4-3-5-7-16/h3-10,18H,11-14H2,1-2H3,(H,22,25). The third-order valence-corrected chi connectivity index (χ3v) is 4.60. The molecular formula is C21H24N2O4. The number of hydrogen-bond acceptors (Lipinski definition) is 4. The summed E-state index contributed by atoms with van der Waals surface area (Å²) >= 11 is 0. The molecule has 27 heavy (non-hydrogen) atoms. The molecule has 3 rings (SSSR count). The fourth-order valence-corrected chi connectivity index (χ4v) is 3.08. The molecule has 1 saturated heterocycles. The fourth-order valence-electron chi connectivity index (χ4n) is 3.08. The summed E-state index contributed by atoms with van der Waals surface area (Å²) in [6.45, 7) is 3.26. The Labute approximate surface area is 159 Å². The number of rotatable bonds is 6. The Balaban J connectivity index is 1.56. The molecule has 6 nitrogen and oxygen atoms in total. The maximum atomic E-state index is 12.5. The highest BCUT2D eigenvalue weighted by atomic mass is 16.5. The minimum Gasteiger partial charge on any atom is -0.497 e. The van der Waals surface area contributed by atoms with Gasteiger partial charge in [0, 0.05) is 25.2 Å². The smallest absolute Gasteiger partial charge is 0.251 e. The Morgan fingerprint density at radius 1 is 1.26 bits per heavy atom. The van der Waals surface area contributed by atoms with Gasteiger partial charge in [0.05, 0.1) is 13.2 Å². The van der Waals surface area contributed by atoms with Gasteiger partial charge in [0.2, 0.25) is 5.91 Å². The zero-order chi connectivity index (χ0) is 19.2. The van der Waals surface area contributed by atoms with Crippen LogP contribution >= 0.6 is 0 Å². The normalized spacial score (nSPS) is 16.9. The summed E-state index contributed by atoms with van der Waals surface area (Å²) in [6, 6.07) is 15.2. The van der Waals surface area contributed by atoms with Gasteiger partial charge < -0.3 is 19.7 Å². The summed E-state index contributed by atoms with van der Waals surface area (Å²) in [5.41, 5.74) is 2.52. The fraction of sp³-hybridized carbons (Fsp3) is 0.333. The molecule has 0 aliphatic carbocycles. The van der Waals surface area contributed by atoms with Gasteiger partial charge in [-0.3, -0.25) is 9.59 Å². The number of carbonyl (C=O) groups excluding carboxylic acids is 2. The van der Waals surface area contributed by atoms with Gasteiger partial charge in [-0.15, -0.1) is 0 Å². The minimum atomic E-state index is -0.228. The van der Waals surface area contributed by atoms with E-state index in [2.05, 4.69) is 5.32 Å². The molecule has 1 aliphatic heterocycles. The molecule has 6 heteroatoms. The van der Waals surface area contributed by atoms with Crippen molar-refractivity contribution < 1.29 is 19.1 Å². The third kappa shape index (κ3) is 4.86. The highest BCUT2D eigenvalue weighted by Crippen LogP contribution is 2.17. The summed E-state index contributed by atoms with van der Waals surface area (Å²) in [6.07, 6.45) is -0.228. The van der Waals surface area contributed by atoms with Crippen LogP contribution in [0.4, 0.5) is 0 Å². The molecule has 1 N–H and O–H groups in total. The molecule has 0 radical (unpaired) electrons. The molecule has 0 saturated carbocycles. The van der Waals surface area contributed by atoms with E-state index in [4.69, 9.17) is 9.47 Å². The van der Waals surface area contributed by atoms with Crippen LogP contribution in [0.2, 0.25) is 0 Å². The first kappa shape index (κ1) is 18.9. The number of methoxy groups -OCH3 is 1. The van der Waals surface area contributed by atoms with Gasteiger partial charge in [-0.1, -0.05) is 30.3 Å². The van der Waals surface area contributed by atoms with E-state index in [0.29, 0.717) is 25.2 Å². The van der Waals surface area contributed by atoms with Crippen LogP contribution in [0.3, 0.4) is 0 Å². The van der Waals surface area contributed by atoms with Gasteiger partial charge in [0.15, 0.2) is 0 Å². The molecule has 1 atom stereocenters. The van der Waals surface area contributed by atoms with Gasteiger partial charge in [-0.2, -0.15) is 0 Å². The van der Waals surface area contributed by atoms with Crippen molar-refractivity contribution in [2.24, 2.45) is 0 Å². The largest absolute Gasteiger partial charge is 0.497 e. The van der Waals surface area contributed by atoms with Crippen LogP contribution in [-0.2, 0) is 16.1 Å². The summed E-state index contributed by atoms with van der Waals surface area (Å²) in [5, 5.41) is 2.90. The summed E-state index contributed by atoms with van der Waals surface area (Å²) in [5.74, 6) is 0.521. The van der Waals surface area contributed by atoms with E-state index in [9.17, 15) is 9.59 Å². The number of carbonyl (C=O) groups is 2. The van der Waals surface area contributed by atoms with Crippen molar-refractivity contribution in [3.63, 3.8) is 0 Å². The Morgan fingerprint density at radius 3 is 2.74 bits per heavy atom. The number of amides is 2. The van der Waals surface area contributed by atoms with Gasteiger partial charge in [-0.25, -0.2) is 0 Å². The van der Waals surface area contributed by atoms with E-state index in [1.165, 1.54) is 0 Å². The predicted molar refractivity (Wildman–Crippen MR) is 102 cm³/mol. The van der Waals surface area contributed by atoms with Gasteiger partial charge >= 0.3 is 0 Å². The zero-order valence-electron chi connectivity index (χ0n) is 15.6. The van der Waals surface area contributed by atoms with Crippen LogP contribution in [0.25, 0.3) is 0 Å². The lowest BCUT2D eigenvalue weighted by atomic mass is 10.1. The Bertz CT molecular complexity index is 807. The highest BCUT2D eigenvalue weighted by molar-refractivity contribution is 5.95. The first-order chi connectivity index (χ1) is 13.1. The molecule has 2 aromatic rings. The predicted octanol–water partition coefficient (Wildman–Crippen LogP) is 2.16. The van der Waals surface area contributed by atoms with E-state index < -0.39 is 0 Å². The maximum Gasteiger partial charge on any atom is 0.251 e. The Hall–Kier alpha value is -2.86. The van der Waals surface area contributed by atoms with Crippen molar-refractivity contribution in [1.82, 2.24) is 10.2 Å². The zero-order valence-corrected chi connectivity index (χ0v) is 15.6. The van der Waals surface area contributed by atoms with E-state index in [0.717, 1.165) is 16.9 Å². The van der Waals surface area contributed by atoms with Gasteiger partial charge in [-0.05, 0) is 36.2 Å². The number of nitrogens with one attached hydrogen (secondary N) is 1. The molecular weight excluding hydrogens is 344 g/mol. The summed E-state index contributed by atoms with van der Waals surface area (Å²) in [7, 11) is 1.59. The van der Waals surface area contributed by atoms with Crippen molar-refractivity contribution in [2.75, 3.05) is 26.8 Å². The molecule has 142 valence electrons. The second-order valence-electron chi connectivity index (χ2n) is 6.58. The molecule has 0 aromatic heterocycles. The molecule has 2 amide bonds. The van der Waals surface area contributed by atoms with E-state index in [1.54, 1.807) is 24.1 Å². The molecule has 0 spiro atoms. The number of morpholine rings is 1. The highest BCUT2D eigenvalue weighted by Gasteiger charge is 2.26. The lowest BCUT2D eigenvalue weighted by molar-refractivity contribution is -0.149. The third-order valence-electron chi connectivity index (χ3n) is 4.60. The van der Waals surface area contributed by atoms with Crippen LogP contribution in [-0.4, -0.2) is 49.6 Å². The topological polar surface area (TPSA) is 67.9 Å². The van der Waals surface area contributed by atoms with Crippen LogP contribution < -0.4 is 10.1 Å². The van der Waals surface area contributed by atoms with Crippen molar-refractivity contribution >= 4 is 11.8 Å². The number of aryl methyl sites for hydroxylation is 1. The maximum absolute atomic E-state index is 12.5. The average Bonchev–Trinajstić information content (AvgIpc) is 2.69. The van der Waals surface area contributed by atoms with Gasteiger partial charge in [0.1, 0.15) is 12.4 Å². The first-order valence-electron chi connectivity index (χ1n) is 8.93. The monoisotopic (exact) mass is 368 g/mol. The number of benzene rings is 2. The van der Waals surface area contributed by atoms with Crippen LogP contribution in [0.15, 0.2) is 48.5 Å². The Morgan fingerprint density at radius 2 is 2.04 bits per heavy atom. The lowest BCUT2D eigenvalue weighted by Crippen LogP contribution is -2.50. The van der Waals surface area contributed by atoms with Crippen LogP contribution in [0.5, 0.6) is 5.75 Å². The van der Waals surface area contributed by atoms with Gasteiger partial charge in [0.25, 0.3) is 5.91 Å². The molecule has 1 aliphatic rings. The van der Waals surface area contributed by atoms with E-state index >= 15 is 0 Å². The molecule has 1 fully saturated rings.